The molecule has 0 heterocycles. The van der Waals surface area contributed by atoms with Crippen molar-refractivity contribution in [2.45, 2.75) is 65.9 Å². The maximum Gasteiger partial charge on any atom is 0.100 e. The van der Waals surface area contributed by atoms with Gasteiger partial charge in [0.2, 0.25) is 0 Å². The monoisotopic (exact) mass is 362 g/mol. The summed E-state index contributed by atoms with van der Waals surface area (Å²) in [6.45, 7) is 17.4. The third-order valence-corrected chi connectivity index (χ3v) is 8.54. The van der Waals surface area contributed by atoms with Crippen LogP contribution in [0, 0.1) is 21.7 Å². The van der Waals surface area contributed by atoms with Crippen LogP contribution in [0.25, 0.3) is 0 Å². The summed E-state index contributed by atoms with van der Waals surface area (Å²) < 4.78 is 0. The molecule has 3 heteroatoms. The highest BCUT2D eigenvalue weighted by Gasteiger charge is 2.53. The van der Waals surface area contributed by atoms with Crippen LogP contribution in [-0.4, -0.2) is 20.7 Å². The third-order valence-electron chi connectivity index (χ3n) is 6.69. The molecule has 140 valence electrons. The fourth-order valence-corrected chi connectivity index (χ4v) is 5.83. The van der Waals surface area contributed by atoms with Gasteiger partial charge < -0.3 is 10.2 Å². The minimum atomic E-state index is -0.365. The van der Waals surface area contributed by atoms with E-state index in [2.05, 4.69) is 67.5 Å². The maximum absolute atomic E-state index is 10.7. The molecule has 4 unspecified atom stereocenters. The van der Waals surface area contributed by atoms with Crippen LogP contribution >= 0.6 is 11.8 Å². The normalized spacial score (nSPS) is 36.2. The molecule has 25 heavy (non-hydrogen) atoms. The summed E-state index contributed by atoms with van der Waals surface area (Å²) in [6.07, 6.45) is 11.9. The second-order valence-electron chi connectivity index (χ2n) is 9.76. The van der Waals surface area contributed by atoms with E-state index in [9.17, 15) is 10.2 Å². The third kappa shape index (κ3) is 3.09. The Morgan fingerprint density at radius 2 is 1.08 bits per heavy atom. The van der Waals surface area contributed by atoms with Crippen molar-refractivity contribution in [1.82, 2.24) is 0 Å². The van der Waals surface area contributed by atoms with Crippen molar-refractivity contribution in [1.29, 1.82) is 0 Å². The average molecular weight is 363 g/mol. The van der Waals surface area contributed by atoms with Gasteiger partial charge in [-0.25, -0.2) is 0 Å². The van der Waals surface area contributed by atoms with Crippen LogP contribution in [0.3, 0.4) is 0 Å². The first-order valence-electron chi connectivity index (χ1n) is 9.07. The van der Waals surface area contributed by atoms with Crippen LogP contribution in [0.1, 0.15) is 55.4 Å². The van der Waals surface area contributed by atoms with Crippen LogP contribution in [0.5, 0.6) is 0 Å². The van der Waals surface area contributed by atoms with Gasteiger partial charge in [0, 0.05) is 21.3 Å². The fraction of sp³-hybridized carbons (Fsp3) is 0.636. The Kier molecular flexibility index (Phi) is 5.07. The molecule has 4 atom stereocenters. The zero-order valence-corrected chi connectivity index (χ0v) is 17.7. The molecule has 0 aromatic rings. The van der Waals surface area contributed by atoms with E-state index >= 15 is 0 Å². The number of hydrogen-bond acceptors (Lipinski definition) is 3. The van der Waals surface area contributed by atoms with Gasteiger partial charge in [0.05, 0.1) is 0 Å². The molecule has 0 aromatic carbocycles. The molecule has 0 amide bonds. The lowest BCUT2D eigenvalue weighted by Crippen LogP contribution is -2.48. The molecular weight excluding hydrogens is 328 g/mol. The zero-order valence-electron chi connectivity index (χ0n) is 16.9. The first-order valence-corrected chi connectivity index (χ1v) is 10.0. The Balaban J connectivity index is 2.44. The lowest BCUT2D eigenvalue weighted by molar-refractivity contribution is 0.0922. The fourth-order valence-electron chi connectivity index (χ4n) is 3.66. The molecule has 2 N–H and O–H groups in total. The van der Waals surface area contributed by atoms with Gasteiger partial charge in [0.25, 0.3) is 0 Å². The zero-order chi connectivity index (χ0) is 19.3. The van der Waals surface area contributed by atoms with E-state index in [1.165, 1.54) is 0 Å². The lowest BCUT2D eigenvalue weighted by Gasteiger charge is -2.51. The van der Waals surface area contributed by atoms with Crippen molar-refractivity contribution in [2.24, 2.45) is 21.7 Å². The van der Waals surface area contributed by atoms with Crippen LogP contribution < -0.4 is 0 Å². The highest BCUT2D eigenvalue weighted by atomic mass is 32.2. The SMILES string of the molecule is CC(C)(C)C1(C)C(O)=CC=CC1SC1C=CC=C(O)C1(C)C(C)(C)C. The Bertz CT molecular complexity index is 586. The predicted molar refractivity (Wildman–Crippen MR) is 110 cm³/mol. The second kappa shape index (κ2) is 6.26. The summed E-state index contributed by atoms with van der Waals surface area (Å²) in [5.41, 5.74) is -0.916. The van der Waals surface area contributed by atoms with Crippen molar-refractivity contribution in [2.75, 3.05) is 0 Å². The summed E-state index contributed by atoms with van der Waals surface area (Å²) in [4.78, 5) is 0. The number of rotatable bonds is 2. The molecule has 0 spiro atoms. The van der Waals surface area contributed by atoms with E-state index in [1.807, 2.05) is 36.1 Å². The largest absolute Gasteiger partial charge is 0.512 e. The van der Waals surface area contributed by atoms with Crippen LogP contribution in [-0.2, 0) is 0 Å². The lowest BCUT2D eigenvalue weighted by atomic mass is 9.63. The Morgan fingerprint density at radius 3 is 1.36 bits per heavy atom. The molecule has 2 nitrogen and oxygen atoms in total. The molecule has 2 aliphatic carbocycles. The summed E-state index contributed by atoms with van der Waals surface area (Å²) >= 11 is 1.84. The van der Waals surface area contributed by atoms with E-state index in [-0.39, 0.29) is 32.2 Å². The summed E-state index contributed by atoms with van der Waals surface area (Å²) in [7, 11) is 0. The smallest absolute Gasteiger partial charge is 0.100 e. The van der Waals surface area contributed by atoms with E-state index in [0.717, 1.165) is 0 Å². The highest BCUT2D eigenvalue weighted by Crippen LogP contribution is 2.58. The number of allylic oxidation sites excluding steroid dienone is 6. The molecule has 2 rings (SSSR count). The van der Waals surface area contributed by atoms with Crippen LogP contribution in [0.4, 0.5) is 0 Å². The summed E-state index contributed by atoms with van der Waals surface area (Å²) in [5, 5.41) is 21.7. The molecule has 0 aliphatic heterocycles. The van der Waals surface area contributed by atoms with Gasteiger partial charge in [-0.15, -0.1) is 11.8 Å². The predicted octanol–water partition coefficient (Wildman–Crippen LogP) is 6.59. The van der Waals surface area contributed by atoms with Crippen LogP contribution in [0.15, 0.2) is 48.0 Å². The molecule has 0 saturated carbocycles. The molecule has 0 aromatic heterocycles. The molecule has 0 fully saturated rings. The Labute approximate surface area is 157 Å². The minimum Gasteiger partial charge on any atom is -0.512 e. The number of thioether (sulfide) groups is 1. The van der Waals surface area contributed by atoms with Gasteiger partial charge in [-0.1, -0.05) is 79.7 Å². The van der Waals surface area contributed by atoms with Crippen molar-refractivity contribution >= 4 is 11.8 Å². The van der Waals surface area contributed by atoms with Gasteiger partial charge in [0.15, 0.2) is 0 Å². The minimum absolute atomic E-state index is 0.0928. The van der Waals surface area contributed by atoms with Gasteiger partial charge in [-0.05, 0) is 23.0 Å². The van der Waals surface area contributed by atoms with Crippen molar-refractivity contribution in [3.8, 4) is 0 Å². The number of aliphatic hydroxyl groups excluding tert-OH is 2. The molecule has 0 bridgehead atoms. The summed E-state index contributed by atoms with van der Waals surface area (Å²) in [6, 6.07) is 0. The van der Waals surface area contributed by atoms with Crippen molar-refractivity contribution in [3.63, 3.8) is 0 Å². The van der Waals surface area contributed by atoms with E-state index in [0.29, 0.717) is 11.5 Å². The molecule has 0 saturated heterocycles. The number of hydrogen-bond donors (Lipinski definition) is 2. The average Bonchev–Trinajstić information content (AvgIpc) is 2.46. The Hall–Kier alpha value is -1.09. The molecular formula is C22H34O2S. The quantitative estimate of drug-likeness (QED) is 0.582. The van der Waals surface area contributed by atoms with Gasteiger partial charge in [-0.2, -0.15) is 0 Å². The van der Waals surface area contributed by atoms with E-state index in [4.69, 9.17) is 0 Å². The van der Waals surface area contributed by atoms with Crippen molar-refractivity contribution in [3.05, 3.63) is 48.0 Å². The van der Waals surface area contributed by atoms with Crippen LogP contribution in [0.2, 0.25) is 0 Å². The maximum atomic E-state index is 10.7. The first-order chi connectivity index (χ1) is 11.3. The van der Waals surface area contributed by atoms with E-state index < -0.39 is 0 Å². The summed E-state index contributed by atoms with van der Waals surface area (Å²) in [5.74, 6) is 0.883. The van der Waals surface area contributed by atoms with E-state index in [1.54, 1.807) is 0 Å². The standard InChI is InChI=1S/C22H34O2S/c1-19(2,3)21(7)15(23)11-9-13-17(21)25-18-14-10-12-16(24)22(18,8)20(4,5)6/h9-14,17-18,23-24H,1-8H3. The first kappa shape index (κ1) is 20.2. The number of aliphatic hydroxyl groups is 2. The van der Waals surface area contributed by atoms with Crippen molar-refractivity contribution < 1.29 is 10.2 Å². The molecule has 0 radical (unpaired) electrons. The second-order valence-corrected chi connectivity index (χ2v) is 11.0. The highest BCUT2D eigenvalue weighted by molar-refractivity contribution is 8.00. The van der Waals surface area contributed by atoms with Gasteiger partial charge in [0.1, 0.15) is 11.5 Å². The topological polar surface area (TPSA) is 40.5 Å². The molecule has 2 aliphatic rings. The van der Waals surface area contributed by atoms with Gasteiger partial charge in [-0.3, -0.25) is 0 Å². The Morgan fingerprint density at radius 1 is 0.760 bits per heavy atom. The van der Waals surface area contributed by atoms with Gasteiger partial charge >= 0.3 is 0 Å².